The van der Waals surface area contributed by atoms with Crippen molar-refractivity contribution in [3.63, 3.8) is 0 Å². The van der Waals surface area contributed by atoms with Gasteiger partial charge in [0.15, 0.2) is 0 Å². The highest BCUT2D eigenvalue weighted by atomic mass is 32.1. The number of imidazole rings is 1. The lowest BCUT2D eigenvalue weighted by Crippen LogP contribution is -2.14. The maximum atomic E-state index is 4.81. The highest BCUT2D eigenvalue weighted by Crippen LogP contribution is 2.34. The molecule has 2 fully saturated rings. The summed E-state index contributed by atoms with van der Waals surface area (Å²) < 4.78 is 0. The van der Waals surface area contributed by atoms with Gasteiger partial charge in [0.25, 0.3) is 0 Å². The normalized spacial score (nSPS) is 20.8. The fraction of sp³-hybridized carbons (Fsp3) is 0.308. The van der Waals surface area contributed by atoms with E-state index in [0.717, 1.165) is 36.6 Å². The van der Waals surface area contributed by atoms with E-state index in [1.807, 2.05) is 23.7 Å². The summed E-state index contributed by atoms with van der Waals surface area (Å²) >= 11 is 1.81. The summed E-state index contributed by atoms with van der Waals surface area (Å²) in [5.41, 5.74) is 5.82. The summed E-state index contributed by atoms with van der Waals surface area (Å²) in [7, 11) is 0. The van der Waals surface area contributed by atoms with Crippen molar-refractivity contribution in [1.82, 2.24) is 25.6 Å². The lowest BCUT2D eigenvalue weighted by atomic mass is 10.0. The first-order valence-corrected chi connectivity index (χ1v) is 12.3. The average molecular weight is 442 g/mol. The zero-order valence-corrected chi connectivity index (χ0v) is 18.8. The molecular weight excluding hydrogens is 414 g/mol. The fourth-order valence-electron chi connectivity index (χ4n) is 4.72. The van der Waals surface area contributed by atoms with E-state index in [-0.39, 0.29) is 0 Å². The van der Waals surface area contributed by atoms with Crippen LogP contribution in [0.1, 0.15) is 48.6 Å². The number of thiazole rings is 1. The molecule has 2 aliphatic heterocycles. The van der Waals surface area contributed by atoms with Gasteiger partial charge in [0.1, 0.15) is 10.8 Å². The summed E-state index contributed by atoms with van der Waals surface area (Å²) in [6.45, 7) is 2.18. The van der Waals surface area contributed by atoms with Crippen LogP contribution >= 0.6 is 11.3 Å². The van der Waals surface area contributed by atoms with E-state index in [9.17, 15) is 0 Å². The molecule has 32 heavy (non-hydrogen) atoms. The summed E-state index contributed by atoms with van der Waals surface area (Å²) in [4.78, 5) is 14.1. The van der Waals surface area contributed by atoms with E-state index in [2.05, 4.69) is 69.1 Å². The Morgan fingerprint density at radius 1 is 0.750 bits per heavy atom. The van der Waals surface area contributed by atoms with E-state index in [4.69, 9.17) is 4.98 Å². The molecule has 0 aliphatic carbocycles. The monoisotopic (exact) mass is 441 g/mol. The van der Waals surface area contributed by atoms with Crippen LogP contribution in [0.25, 0.3) is 32.8 Å². The number of aromatic nitrogens is 3. The Morgan fingerprint density at radius 3 is 2.03 bits per heavy atom. The van der Waals surface area contributed by atoms with E-state index in [1.54, 1.807) is 0 Å². The van der Waals surface area contributed by atoms with E-state index in [0.29, 0.717) is 12.1 Å². The summed E-state index contributed by atoms with van der Waals surface area (Å²) in [5.74, 6) is 1.05. The van der Waals surface area contributed by atoms with Gasteiger partial charge in [-0.25, -0.2) is 9.97 Å². The molecule has 4 aromatic rings. The zero-order chi connectivity index (χ0) is 21.3. The van der Waals surface area contributed by atoms with Crippen molar-refractivity contribution in [3.05, 3.63) is 71.8 Å². The van der Waals surface area contributed by atoms with Gasteiger partial charge in [0.05, 0.1) is 22.7 Å². The number of hydrogen-bond donors (Lipinski definition) is 3. The largest absolute Gasteiger partial charge is 0.347 e. The Morgan fingerprint density at radius 2 is 1.38 bits per heavy atom. The second kappa shape index (κ2) is 8.62. The molecule has 0 amide bonds. The molecule has 0 saturated carbocycles. The molecule has 0 radical (unpaired) electrons. The summed E-state index contributed by atoms with van der Waals surface area (Å²) in [5, 5.41) is 8.25. The summed E-state index contributed by atoms with van der Waals surface area (Å²) in [6.07, 6.45) is 8.84. The van der Waals surface area contributed by atoms with Crippen LogP contribution in [0, 0.1) is 0 Å². The van der Waals surface area contributed by atoms with E-state index >= 15 is 0 Å². The Kier molecular flexibility index (Phi) is 5.35. The predicted molar refractivity (Wildman–Crippen MR) is 131 cm³/mol. The van der Waals surface area contributed by atoms with Gasteiger partial charge in [0, 0.05) is 18.0 Å². The van der Waals surface area contributed by atoms with Gasteiger partial charge >= 0.3 is 0 Å². The second-order valence-corrected chi connectivity index (χ2v) is 9.75. The van der Waals surface area contributed by atoms with Gasteiger partial charge in [-0.2, -0.15) is 0 Å². The molecular formula is C26H27N5S. The van der Waals surface area contributed by atoms with E-state index < -0.39 is 0 Å². The van der Waals surface area contributed by atoms with Gasteiger partial charge in [-0.05, 0) is 55.5 Å². The minimum Gasteiger partial charge on any atom is -0.347 e. The maximum Gasteiger partial charge on any atom is 0.124 e. The van der Waals surface area contributed by atoms with Crippen molar-refractivity contribution in [3.8, 4) is 32.8 Å². The standard InChI is InChI=1S/C26H27N5S/c1-3-21(27-13-1)25-29-15-23(31-25)19-9-5-17(6-10-19)18-7-11-20(12-8-18)24-16-30-26(32-24)22-4-2-14-28-22/h5-12,15-16,21-22,27-28H,1-4,13-14H2,(H,29,31)/t21-,22?/m0/s1. The lowest BCUT2D eigenvalue weighted by molar-refractivity contribution is 0.613. The van der Waals surface area contributed by atoms with E-state index in [1.165, 1.54) is 45.8 Å². The Bertz CT molecular complexity index is 1080. The third kappa shape index (κ3) is 3.90. The first kappa shape index (κ1) is 19.9. The van der Waals surface area contributed by atoms with Crippen LogP contribution < -0.4 is 10.6 Å². The zero-order valence-electron chi connectivity index (χ0n) is 18.0. The van der Waals surface area contributed by atoms with Crippen LogP contribution in [0.3, 0.4) is 0 Å². The van der Waals surface area contributed by atoms with Gasteiger partial charge in [0.2, 0.25) is 0 Å². The molecule has 1 unspecified atom stereocenters. The molecule has 4 heterocycles. The maximum absolute atomic E-state index is 4.81. The Balaban J connectivity index is 1.17. The van der Waals surface area contributed by atoms with Crippen LogP contribution in [0.15, 0.2) is 60.9 Å². The minimum absolute atomic E-state index is 0.366. The molecule has 5 nitrogen and oxygen atoms in total. The van der Waals surface area contributed by atoms with Crippen LogP contribution in [-0.4, -0.2) is 28.0 Å². The molecule has 2 atom stereocenters. The third-order valence-corrected chi connectivity index (χ3v) is 7.71. The molecule has 2 aromatic heterocycles. The van der Waals surface area contributed by atoms with Crippen LogP contribution in [0.4, 0.5) is 0 Å². The van der Waals surface area contributed by atoms with Crippen LogP contribution in [0.2, 0.25) is 0 Å². The average Bonchev–Trinajstić information content (AvgIpc) is 3.66. The third-order valence-electron chi connectivity index (χ3n) is 6.55. The molecule has 162 valence electrons. The number of nitrogens with one attached hydrogen (secondary N) is 3. The Hall–Kier alpha value is -2.80. The van der Waals surface area contributed by atoms with Crippen molar-refractivity contribution in [2.45, 2.75) is 37.8 Å². The van der Waals surface area contributed by atoms with Gasteiger partial charge in [-0.3, -0.25) is 0 Å². The van der Waals surface area contributed by atoms with Crippen molar-refractivity contribution in [2.24, 2.45) is 0 Å². The molecule has 2 saturated heterocycles. The minimum atomic E-state index is 0.366. The number of hydrogen-bond acceptors (Lipinski definition) is 5. The number of H-pyrrole nitrogens is 1. The second-order valence-electron chi connectivity index (χ2n) is 8.69. The fourth-order valence-corrected chi connectivity index (χ4v) is 5.75. The molecule has 2 aromatic carbocycles. The topological polar surface area (TPSA) is 65.6 Å². The molecule has 0 spiro atoms. The quantitative estimate of drug-likeness (QED) is 0.371. The van der Waals surface area contributed by atoms with Crippen molar-refractivity contribution in [1.29, 1.82) is 0 Å². The van der Waals surface area contributed by atoms with Gasteiger partial charge < -0.3 is 15.6 Å². The molecule has 2 aliphatic rings. The first-order valence-electron chi connectivity index (χ1n) is 11.5. The van der Waals surface area contributed by atoms with Crippen molar-refractivity contribution >= 4 is 11.3 Å². The molecule has 6 rings (SSSR count). The number of nitrogens with zero attached hydrogens (tertiary/aromatic N) is 2. The van der Waals surface area contributed by atoms with Crippen LogP contribution in [-0.2, 0) is 0 Å². The van der Waals surface area contributed by atoms with Crippen molar-refractivity contribution in [2.75, 3.05) is 13.1 Å². The van der Waals surface area contributed by atoms with Gasteiger partial charge in [-0.15, -0.1) is 11.3 Å². The van der Waals surface area contributed by atoms with Crippen molar-refractivity contribution < 1.29 is 0 Å². The summed E-state index contributed by atoms with van der Waals surface area (Å²) in [6, 6.07) is 18.3. The molecule has 0 bridgehead atoms. The lowest BCUT2D eigenvalue weighted by Gasteiger charge is -2.06. The number of rotatable bonds is 5. The SMILES string of the molecule is c1cc(-c2c[nH]c([C@@H]3CCCN3)n2)ccc1-c1ccc(-c2cnc(C3CCCN3)s2)cc1. The highest BCUT2D eigenvalue weighted by molar-refractivity contribution is 7.15. The highest BCUT2D eigenvalue weighted by Gasteiger charge is 2.20. The predicted octanol–water partition coefficient (Wildman–Crippen LogP) is 5.72. The van der Waals surface area contributed by atoms with Gasteiger partial charge in [-0.1, -0.05) is 48.5 Å². The Labute approximate surface area is 192 Å². The molecule has 6 heteroatoms. The van der Waals surface area contributed by atoms with Crippen LogP contribution in [0.5, 0.6) is 0 Å². The smallest absolute Gasteiger partial charge is 0.124 e. The number of aromatic amines is 1. The number of benzene rings is 2. The first-order chi connectivity index (χ1) is 15.8. The molecule has 3 N–H and O–H groups in total.